The van der Waals surface area contributed by atoms with Gasteiger partial charge in [-0.1, -0.05) is 18.2 Å². The van der Waals surface area contributed by atoms with Gasteiger partial charge in [-0.25, -0.2) is 0 Å². The van der Waals surface area contributed by atoms with E-state index in [4.69, 9.17) is 13.9 Å². The van der Waals surface area contributed by atoms with E-state index in [-0.39, 0.29) is 30.5 Å². The Labute approximate surface area is 166 Å². The Hall–Kier alpha value is -3.75. The molecule has 0 radical (unpaired) electrons. The second-order valence-corrected chi connectivity index (χ2v) is 6.01. The highest BCUT2D eigenvalue weighted by Crippen LogP contribution is 2.22. The van der Waals surface area contributed by atoms with E-state index in [0.29, 0.717) is 18.6 Å². The third kappa shape index (κ3) is 5.38. The Bertz CT molecular complexity index is 984. The van der Waals surface area contributed by atoms with E-state index in [0.717, 1.165) is 11.3 Å². The average molecular weight is 397 g/mol. The van der Waals surface area contributed by atoms with Crippen molar-refractivity contribution in [2.24, 2.45) is 0 Å². The fourth-order valence-electron chi connectivity index (χ4n) is 2.61. The number of nitrogens with zero attached hydrogens (tertiary/aromatic N) is 3. The monoisotopic (exact) mass is 397 g/mol. The fraction of sp³-hybridized carbons (Fsp3) is 0.250. The highest BCUT2D eigenvalue weighted by atomic mass is 16.6. The summed E-state index contributed by atoms with van der Waals surface area (Å²) in [6.07, 6.45) is 0.681. The minimum Gasteiger partial charge on any atom is -0.494 e. The number of carbonyl (C=O) groups excluding carboxylic acids is 1. The number of rotatable bonds is 9. The summed E-state index contributed by atoms with van der Waals surface area (Å²) in [7, 11) is 0. The van der Waals surface area contributed by atoms with Crippen LogP contribution in [0.25, 0.3) is 11.5 Å². The van der Waals surface area contributed by atoms with Gasteiger partial charge in [-0.2, -0.15) is 0 Å². The molecular formula is C20H19N3O6. The zero-order valence-electron chi connectivity index (χ0n) is 15.7. The number of nitro groups is 1. The fourth-order valence-corrected chi connectivity index (χ4v) is 2.61. The SMILES string of the molecule is CCOc1ccccc1CCC(=O)OCc1nnc(-c2ccc([N+](=O)[O-])cc2)o1. The number of hydrogen-bond donors (Lipinski definition) is 0. The minimum absolute atomic E-state index is 0.0340. The molecule has 1 aromatic heterocycles. The molecule has 1 heterocycles. The number of carbonyl (C=O) groups is 1. The molecule has 0 spiro atoms. The molecule has 0 bridgehead atoms. The standard InChI is InChI=1S/C20H19N3O6/c1-2-27-17-6-4-3-5-14(17)9-12-19(24)28-13-18-21-22-20(29-18)15-7-10-16(11-8-15)23(25)26/h3-8,10-11H,2,9,12-13H2,1H3. The largest absolute Gasteiger partial charge is 0.494 e. The number of ether oxygens (including phenoxy) is 2. The van der Waals surface area contributed by atoms with Crippen molar-refractivity contribution in [1.82, 2.24) is 10.2 Å². The molecule has 150 valence electrons. The van der Waals surface area contributed by atoms with Gasteiger partial charge >= 0.3 is 5.97 Å². The van der Waals surface area contributed by atoms with Gasteiger partial charge in [-0.05, 0) is 37.1 Å². The van der Waals surface area contributed by atoms with E-state index in [9.17, 15) is 14.9 Å². The topological polar surface area (TPSA) is 118 Å². The van der Waals surface area contributed by atoms with Crippen molar-refractivity contribution < 1.29 is 23.6 Å². The summed E-state index contributed by atoms with van der Waals surface area (Å²) < 4.78 is 16.2. The van der Waals surface area contributed by atoms with Gasteiger partial charge in [0.05, 0.1) is 11.5 Å². The van der Waals surface area contributed by atoms with E-state index in [2.05, 4.69) is 10.2 Å². The lowest BCUT2D eigenvalue weighted by molar-refractivity contribution is -0.384. The summed E-state index contributed by atoms with van der Waals surface area (Å²) in [6.45, 7) is 2.31. The summed E-state index contributed by atoms with van der Waals surface area (Å²) in [4.78, 5) is 22.2. The number of esters is 1. The highest BCUT2D eigenvalue weighted by Gasteiger charge is 2.13. The Balaban J connectivity index is 1.52. The summed E-state index contributed by atoms with van der Waals surface area (Å²) in [6, 6.07) is 13.3. The molecule has 0 unspecified atom stereocenters. The first-order valence-electron chi connectivity index (χ1n) is 9.00. The molecule has 0 saturated heterocycles. The molecular weight excluding hydrogens is 378 g/mol. The number of nitro benzene ring substituents is 1. The lowest BCUT2D eigenvalue weighted by Gasteiger charge is -2.09. The van der Waals surface area contributed by atoms with E-state index in [1.54, 1.807) is 0 Å². The maximum Gasteiger partial charge on any atom is 0.306 e. The van der Waals surface area contributed by atoms with Crippen LogP contribution in [0.2, 0.25) is 0 Å². The predicted molar refractivity (Wildman–Crippen MR) is 102 cm³/mol. The van der Waals surface area contributed by atoms with Gasteiger partial charge in [0.15, 0.2) is 6.61 Å². The molecule has 9 heteroatoms. The maximum atomic E-state index is 12.0. The van der Waals surface area contributed by atoms with Crippen molar-refractivity contribution in [3.8, 4) is 17.2 Å². The van der Waals surface area contributed by atoms with Crippen LogP contribution in [0.5, 0.6) is 5.75 Å². The van der Waals surface area contributed by atoms with Crippen LogP contribution in [0, 0.1) is 10.1 Å². The zero-order valence-corrected chi connectivity index (χ0v) is 15.7. The molecule has 0 amide bonds. The van der Waals surface area contributed by atoms with Crippen molar-refractivity contribution in [1.29, 1.82) is 0 Å². The number of aromatic nitrogens is 2. The van der Waals surface area contributed by atoms with Gasteiger partial charge in [0.1, 0.15) is 5.75 Å². The molecule has 0 fully saturated rings. The number of hydrogen-bond acceptors (Lipinski definition) is 8. The number of benzene rings is 2. The van der Waals surface area contributed by atoms with Gasteiger partial charge in [0.2, 0.25) is 5.89 Å². The van der Waals surface area contributed by atoms with Gasteiger partial charge in [-0.3, -0.25) is 14.9 Å². The van der Waals surface area contributed by atoms with Gasteiger partial charge in [-0.15, -0.1) is 10.2 Å². The second-order valence-electron chi connectivity index (χ2n) is 6.01. The Morgan fingerprint density at radius 2 is 1.90 bits per heavy atom. The second kappa shape index (κ2) is 9.45. The van der Waals surface area contributed by atoms with Crippen molar-refractivity contribution in [2.45, 2.75) is 26.4 Å². The summed E-state index contributed by atoms with van der Waals surface area (Å²) in [5.74, 6) is 0.692. The highest BCUT2D eigenvalue weighted by molar-refractivity contribution is 5.69. The molecule has 0 aliphatic carbocycles. The van der Waals surface area contributed by atoms with E-state index >= 15 is 0 Å². The van der Waals surface area contributed by atoms with Crippen LogP contribution in [0.3, 0.4) is 0 Å². The maximum absolute atomic E-state index is 12.0. The van der Waals surface area contributed by atoms with Crippen LogP contribution in [-0.4, -0.2) is 27.7 Å². The number of aryl methyl sites for hydroxylation is 1. The molecule has 9 nitrogen and oxygen atoms in total. The lowest BCUT2D eigenvalue weighted by Crippen LogP contribution is -2.07. The van der Waals surface area contributed by atoms with Crippen LogP contribution in [0.4, 0.5) is 5.69 Å². The Morgan fingerprint density at radius 3 is 2.62 bits per heavy atom. The molecule has 29 heavy (non-hydrogen) atoms. The van der Waals surface area contributed by atoms with Crippen LogP contribution < -0.4 is 4.74 Å². The van der Waals surface area contributed by atoms with Crippen LogP contribution in [-0.2, 0) is 22.6 Å². The van der Waals surface area contributed by atoms with Crippen LogP contribution in [0.1, 0.15) is 24.8 Å². The Kier molecular flexibility index (Phi) is 6.51. The number of para-hydroxylation sites is 1. The van der Waals surface area contributed by atoms with Crippen molar-refractivity contribution in [2.75, 3.05) is 6.61 Å². The predicted octanol–water partition coefficient (Wildman–Crippen LogP) is 3.72. The Morgan fingerprint density at radius 1 is 1.14 bits per heavy atom. The summed E-state index contributed by atoms with van der Waals surface area (Å²) in [5.41, 5.74) is 1.44. The van der Waals surface area contributed by atoms with Crippen molar-refractivity contribution >= 4 is 11.7 Å². The smallest absolute Gasteiger partial charge is 0.306 e. The molecule has 0 aliphatic rings. The van der Waals surface area contributed by atoms with Crippen molar-refractivity contribution in [3.63, 3.8) is 0 Å². The van der Waals surface area contributed by atoms with Gasteiger partial charge in [0.25, 0.3) is 11.6 Å². The molecule has 3 aromatic rings. The third-order valence-electron chi connectivity index (χ3n) is 4.02. The molecule has 0 saturated carbocycles. The quantitative estimate of drug-likeness (QED) is 0.305. The van der Waals surface area contributed by atoms with Gasteiger partial charge in [0, 0.05) is 24.1 Å². The van der Waals surface area contributed by atoms with E-state index in [1.165, 1.54) is 24.3 Å². The molecule has 0 atom stereocenters. The third-order valence-corrected chi connectivity index (χ3v) is 4.02. The zero-order chi connectivity index (χ0) is 20.6. The minimum atomic E-state index is -0.491. The number of non-ortho nitro benzene ring substituents is 1. The van der Waals surface area contributed by atoms with Crippen molar-refractivity contribution in [3.05, 3.63) is 70.1 Å². The molecule has 3 rings (SSSR count). The van der Waals surface area contributed by atoms with E-state index in [1.807, 2.05) is 31.2 Å². The first kappa shape index (κ1) is 20.0. The first-order valence-corrected chi connectivity index (χ1v) is 9.00. The lowest BCUT2D eigenvalue weighted by atomic mass is 10.1. The molecule has 0 aliphatic heterocycles. The van der Waals surface area contributed by atoms with E-state index < -0.39 is 10.9 Å². The normalized spacial score (nSPS) is 10.5. The van der Waals surface area contributed by atoms with Crippen LogP contribution >= 0.6 is 0 Å². The van der Waals surface area contributed by atoms with Crippen LogP contribution in [0.15, 0.2) is 52.9 Å². The first-order chi connectivity index (χ1) is 14.1. The molecule has 2 aromatic carbocycles. The molecule has 0 N–H and O–H groups in total. The summed E-state index contributed by atoms with van der Waals surface area (Å²) in [5, 5.41) is 18.4. The van der Waals surface area contributed by atoms with Gasteiger partial charge < -0.3 is 13.9 Å². The average Bonchev–Trinajstić information content (AvgIpc) is 3.21. The summed E-state index contributed by atoms with van der Waals surface area (Å²) >= 11 is 0.